The molecule has 1 saturated heterocycles. The van der Waals surface area contributed by atoms with Crippen LogP contribution in [-0.2, 0) is 0 Å². The SMILES string of the molecule is COc1cc(OC)c(C(=O)NCCC2CCCNC2)cc1OC. The maximum Gasteiger partial charge on any atom is 0.255 e. The molecule has 2 N–H and O–H groups in total. The molecule has 23 heavy (non-hydrogen) atoms. The summed E-state index contributed by atoms with van der Waals surface area (Å²) >= 11 is 0. The van der Waals surface area contributed by atoms with Crippen LogP contribution < -0.4 is 24.8 Å². The van der Waals surface area contributed by atoms with E-state index in [1.165, 1.54) is 20.0 Å². The van der Waals surface area contributed by atoms with Crippen molar-refractivity contribution in [3.63, 3.8) is 0 Å². The van der Waals surface area contributed by atoms with Crippen LogP contribution in [0.5, 0.6) is 17.2 Å². The van der Waals surface area contributed by atoms with Crippen molar-refractivity contribution < 1.29 is 19.0 Å². The average molecular weight is 322 g/mol. The van der Waals surface area contributed by atoms with Crippen LogP contribution in [0.15, 0.2) is 12.1 Å². The molecule has 1 aliphatic rings. The summed E-state index contributed by atoms with van der Waals surface area (Å²) in [5.41, 5.74) is 0.451. The van der Waals surface area contributed by atoms with Crippen LogP contribution >= 0.6 is 0 Å². The lowest BCUT2D eigenvalue weighted by Gasteiger charge is -2.22. The molecule has 1 aliphatic heterocycles. The number of piperidine rings is 1. The fourth-order valence-corrected chi connectivity index (χ4v) is 2.86. The number of amides is 1. The lowest BCUT2D eigenvalue weighted by Crippen LogP contribution is -2.33. The Kier molecular flexibility index (Phi) is 6.52. The van der Waals surface area contributed by atoms with E-state index in [0.717, 1.165) is 19.5 Å². The molecule has 2 rings (SSSR count). The molecule has 0 aromatic heterocycles. The molecule has 1 aromatic carbocycles. The fourth-order valence-electron chi connectivity index (χ4n) is 2.86. The van der Waals surface area contributed by atoms with Crippen LogP contribution in [0.25, 0.3) is 0 Å². The Labute approximate surface area is 137 Å². The van der Waals surface area contributed by atoms with E-state index in [4.69, 9.17) is 14.2 Å². The lowest BCUT2D eigenvalue weighted by molar-refractivity contribution is 0.0947. The highest BCUT2D eigenvalue weighted by molar-refractivity contribution is 5.97. The quantitative estimate of drug-likeness (QED) is 0.801. The third-order valence-corrected chi connectivity index (χ3v) is 4.19. The summed E-state index contributed by atoms with van der Waals surface area (Å²) in [4.78, 5) is 12.4. The Morgan fingerprint density at radius 3 is 2.48 bits per heavy atom. The molecule has 0 aliphatic carbocycles. The van der Waals surface area contributed by atoms with Gasteiger partial charge in [0.1, 0.15) is 5.75 Å². The molecule has 6 heteroatoms. The van der Waals surface area contributed by atoms with Crippen molar-refractivity contribution in [3.05, 3.63) is 17.7 Å². The number of carbonyl (C=O) groups is 1. The van der Waals surface area contributed by atoms with E-state index in [-0.39, 0.29) is 5.91 Å². The number of methoxy groups -OCH3 is 3. The largest absolute Gasteiger partial charge is 0.496 e. The zero-order valence-electron chi connectivity index (χ0n) is 14.1. The van der Waals surface area contributed by atoms with Gasteiger partial charge in [0.15, 0.2) is 11.5 Å². The van der Waals surface area contributed by atoms with Gasteiger partial charge in [0.2, 0.25) is 0 Å². The van der Waals surface area contributed by atoms with Crippen molar-refractivity contribution in [2.75, 3.05) is 41.0 Å². The Morgan fingerprint density at radius 1 is 1.17 bits per heavy atom. The first kappa shape index (κ1) is 17.4. The van der Waals surface area contributed by atoms with E-state index in [9.17, 15) is 4.79 Å². The minimum atomic E-state index is -0.161. The minimum Gasteiger partial charge on any atom is -0.496 e. The van der Waals surface area contributed by atoms with E-state index in [1.807, 2.05) is 0 Å². The second-order valence-corrected chi connectivity index (χ2v) is 5.66. The highest BCUT2D eigenvalue weighted by Crippen LogP contribution is 2.34. The molecule has 6 nitrogen and oxygen atoms in total. The van der Waals surface area contributed by atoms with Crippen molar-refractivity contribution in [1.29, 1.82) is 0 Å². The molecule has 0 radical (unpaired) electrons. The van der Waals surface area contributed by atoms with E-state index >= 15 is 0 Å². The normalized spacial score (nSPS) is 17.4. The summed E-state index contributed by atoms with van der Waals surface area (Å²) in [5, 5.41) is 6.35. The van der Waals surface area contributed by atoms with E-state index in [1.54, 1.807) is 26.4 Å². The summed E-state index contributed by atoms with van der Waals surface area (Å²) in [6.07, 6.45) is 3.42. The lowest BCUT2D eigenvalue weighted by atomic mass is 9.96. The van der Waals surface area contributed by atoms with Crippen molar-refractivity contribution in [2.24, 2.45) is 5.92 Å². The van der Waals surface area contributed by atoms with Gasteiger partial charge in [-0.1, -0.05) is 0 Å². The van der Waals surface area contributed by atoms with Crippen LogP contribution in [-0.4, -0.2) is 46.9 Å². The number of hydrogen-bond donors (Lipinski definition) is 2. The molecule has 1 atom stereocenters. The van der Waals surface area contributed by atoms with E-state index < -0.39 is 0 Å². The number of carbonyl (C=O) groups excluding carboxylic acids is 1. The van der Waals surface area contributed by atoms with Crippen LogP contribution in [0.1, 0.15) is 29.6 Å². The molecule has 0 saturated carbocycles. The highest BCUT2D eigenvalue weighted by Gasteiger charge is 2.18. The Bertz CT molecular complexity index is 528. The topological polar surface area (TPSA) is 68.8 Å². The second kappa shape index (κ2) is 8.62. The molecular formula is C17H26N2O4. The minimum absolute atomic E-state index is 0.161. The first-order valence-electron chi connectivity index (χ1n) is 7.98. The first-order chi connectivity index (χ1) is 11.2. The summed E-state index contributed by atoms with van der Waals surface area (Å²) in [5.74, 6) is 1.99. The van der Waals surface area contributed by atoms with Gasteiger partial charge in [-0.3, -0.25) is 4.79 Å². The van der Waals surface area contributed by atoms with Crippen LogP contribution in [0.3, 0.4) is 0 Å². The summed E-state index contributed by atoms with van der Waals surface area (Å²) < 4.78 is 15.8. The van der Waals surface area contributed by atoms with Crippen LogP contribution in [0.2, 0.25) is 0 Å². The van der Waals surface area contributed by atoms with Crippen molar-refractivity contribution in [3.8, 4) is 17.2 Å². The van der Waals surface area contributed by atoms with Gasteiger partial charge in [-0.2, -0.15) is 0 Å². The molecule has 1 amide bonds. The smallest absolute Gasteiger partial charge is 0.255 e. The van der Waals surface area contributed by atoms with Gasteiger partial charge in [-0.25, -0.2) is 0 Å². The molecule has 1 unspecified atom stereocenters. The van der Waals surface area contributed by atoms with Crippen molar-refractivity contribution in [2.45, 2.75) is 19.3 Å². The standard InChI is InChI=1S/C17H26N2O4/c1-21-14-10-16(23-3)15(22-2)9-13(14)17(20)19-8-6-12-5-4-7-18-11-12/h9-10,12,18H,4-8,11H2,1-3H3,(H,19,20). The van der Waals surface area contributed by atoms with Crippen molar-refractivity contribution >= 4 is 5.91 Å². The highest BCUT2D eigenvalue weighted by atomic mass is 16.5. The average Bonchev–Trinajstić information content (AvgIpc) is 2.61. The van der Waals surface area contributed by atoms with Gasteiger partial charge in [-0.15, -0.1) is 0 Å². The predicted molar refractivity (Wildman–Crippen MR) is 88.6 cm³/mol. The Morgan fingerprint density at radius 2 is 1.87 bits per heavy atom. The predicted octanol–water partition coefficient (Wildman–Crippen LogP) is 1.83. The number of hydrogen-bond acceptors (Lipinski definition) is 5. The summed E-state index contributed by atoms with van der Waals surface area (Å²) in [7, 11) is 4.63. The molecular weight excluding hydrogens is 296 g/mol. The number of benzene rings is 1. The maximum atomic E-state index is 12.4. The summed E-state index contributed by atoms with van der Waals surface area (Å²) in [6.45, 7) is 2.80. The van der Waals surface area contributed by atoms with Crippen LogP contribution in [0.4, 0.5) is 0 Å². The van der Waals surface area contributed by atoms with Gasteiger partial charge in [0, 0.05) is 18.7 Å². The molecule has 1 heterocycles. The van der Waals surface area contributed by atoms with Crippen molar-refractivity contribution in [1.82, 2.24) is 10.6 Å². The first-order valence-corrected chi connectivity index (χ1v) is 7.98. The zero-order chi connectivity index (χ0) is 16.7. The molecule has 128 valence electrons. The second-order valence-electron chi connectivity index (χ2n) is 5.66. The van der Waals surface area contributed by atoms with E-state index in [0.29, 0.717) is 35.3 Å². The summed E-state index contributed by atoms with van der Waals surface area (Å²) in [6, 6.07) is 3.31. The number of rotatable bonds is 7. The molecule has 0 spiro atoms. The molecule has 1 aromatic rings. The third-order valence-electron chi connectivity index (χ3n) is 4.19. The van der Waals surface area contributed by atoms with E-state index in [2.05, 4.69) is 10.6 Å². The Hall–Kier alpha value is -1.95. The van der Waals surface area contributed by atoms with Gasteiger partial charge in [-0.05, 0) is 38.3 Å². The number of nitrogens with one attached hydrogen (secondary N) is 2. The number of ether oxygens (including phenoxy) is 3. The van der Waals surface area contributed by atoms with Gasteiger partial charge in [0.25, 0.3) is 5.91 Å². The third kappa shape index (κ3) is 4.51. The molecule has 1 fully saturated rings. The monoisotopic (exact) mass is 322 g/mol. The van der Waals surface area contributed by atoms with Crippen LogP contribution in [0, 0.1) is 5.92 Å². The molecule has 0 bridgehead atoms. The van der Waals surface area contributed by atoms with Gasteiger partial charge >= 0.3 is 0 Å². The van der Waals surface area contributed by atoms with Gasteiger partial charge in [0.05, 0.1) is 26.9 Å². The van der Waals surface area contributed by atoms with Gasteiger partial charge < -0.3 is 24.8 Å². The maximum absolute atomic E-state index is 12.4. The zero-order valence-corrected chi connectivity index (χ0v) is 14.1. The fraction of sp³-hybridized carbons (Fsp3) is 0.588. The Balaban J connectivity index is 1.99.